The molecular weight excluding hydrogens is 278 g/mol. The van der Waals surface area contributed by atoms with Crippen molar-refractivity contribution in [2.75, 3.05) is 6.61 Å². The van der Waals surface area contributed by atoms with E-state index in [0.717, 1.165) is 16.5 Å². The van der Waals surface area contributed by atoms with Crippen molar-refractivity contribution in [3.63, 3.8) is 0 Å². The zero-order valence-electron chi connectivity index (χ0n) is 11.2. The number of nitrogens with zero attached hydrogens (tertiary/aromatic N) is 2. The SMILES string of the molecule is CCOC(=O)N/N=C/c1cc2ccc(C)cc2nc1Cl. The van der Waals surface area contributed by atoms with Crippen LogP contribution in [-0.2, 0) is 4.74 Å². The molecule has 0 saturated heterocycles. The molecule has 1 aromatic heterocycles. The predicted molar refractivity (Wildman–Crippen MR) is 79.2 cm³/mol. The van der Waals surface area contributed by atoms with Crippen molar-refractivity contribution >= 4 is 34.8 Å². The van der Waals surface area contributed by atoms with Crippen LogP contribution in [0, 0.1) is 6.92 Å². The number of aryl methyl sites for hydroxylation is 1. The van der Waals surface area contributed by atoms with Crippen molar-refractivity contribution in [2.24, 2.45) is 5.10 Å². The highest BCUT2D eigenvalue weighted by atomic mass is 35.5. The Balaban J connectivity index is 2.22. The van der Waals surface area contributed by atoms with Crippen LogP contribution in [0.2, 0.25) is 5.15 Å². The molecule has 0 radical (unpaired) electrons. The maximum atomic E-state index is 11.1. The van der Waals surface area contributed by atoms with E-state index in [1.165, 1.54) is 6.21 Å². The van der Waals surface area contributed by atoms with Crippen molar-refractivity contribution in [1.82, 2.24) is 10.4 Å². The number of aromatic nitrogens is 1. The summed E-state index contributed by atoms with van der Waals surface area (Å²) in [5, 5.41) is 5.06. The Morgan fingerprint density at radius 1 is 1.50 bits per heavy atom. The summed E-state index contributed by atoms with van der Waals surface area (Å²) >= 11 is 6.09. The topological polar surface area (TPSA) is 63.6 Å². The molecule has 1 amide bonds. The second-order valence-electron chi connectivity index (χ2n) is 4.16. The smallest absolute Gasteiger partial charge is 0.427 e. The number of hydrazone groups is 1. The number of benzene rings is 1. The maximum Gasteiger partial charge on any atom is 0.427 e. The number of pyridine rings is 1. The molecule has 0 aliphatic carbocycles. The summed E-state index contributed by atoms with van der Waals surface area (Å²) < 4.78 is 4.68. The van der Waals surface area contributed by atoms with Gasteiger partial charge in [-0.25, -0.2) is 15.2 Å². The normalized spacial score (nSPS) is 10.9. The van der Waals surface area contributed by atoms with Crippen molar-refractivity contribution < 1.29 is 9.53 Å². The summed E-state index contributed by atoms with van der Waals surface area (Å²) in [6.45, 7) is 4.00. The van der Waals surface area contributed by atoms with E-state index >= 15 is 0 Å². The van der Waals surface area contributed by atoms with E-state index in [-0.39, 0.29) is 0 Å². The zero-order valence-corrected chi connectivity index (χ0v) is 11.9. The van der Waals surface area contributed by atoms with Gasteiger partial charge in [0.1, 0.15) is 5.15 Å². The number of fused-ring (bicyclic) bond motifs is 1. The molecule has 6 heteroatoms. The first kappa shape index (κ1) is 14.3. The van der Waals surface area contributed by atoms with Crippen LogP contribution in [0.15, 0.2) is 29.4 Å². The Morgan fingerprint density at radius 2 is 2.30 bits per heavy atom. The molecule has 1 aromatic carbocycles. The average molecular weight is 292 g/mol. The highest BCUT2D eigenvalue weighted by Crippen LogP contribution is 2.20. The largest absolute Gasteiger partial charge is 0.449 e. The predicted octanol–water partition coefficient (Wildman–Crippen LogP) is 3.28. The van der Waals surface area contributed by atoms with E-state index in [9.17, 15) is 4.79 Å². The van der Waals surface area contributed by atoms with Gasteiger partial charge in [0.05, 0.1) is 18.3 Å². The molecule has 104 valence electrons. The van der Waals surface area contributed by atoms with E-state index in [1.54, 1.807) is 6.92 Å². The van der Waals surface area contributed by atoms with Crippen LogP contribution in [-0.4, -0.2) is 23.9 Å². The van der Waals surface area contributed by atoms with Gasteiger partial charge >= 0.3 is 6.09 Å². The van der Waals surface area contributed by atoms with Gasteiger partial charge in [0, 0.05) is 10.9 Å². The molecule has 0 unspecified atom stereocenters. The van der Waals surface area contributed by atoms with E-state index in [0.29, 0.717) is 17.3 Å². The number of hydrogen-bond acceptors (Lipinski definition) is 4. The first-order chi connectivity index (χ1) is 9.60. The summed E-state index contributed by atoms with van der Waals surface area (Å²) in [6, 6.07) is 7.78. The lowest BCUT2D eigenvalue weighted by Gasteiger charge is -2.03. The van der Waals surface area contributed by atoms with Crippen molar-refractivity contribution in [3.05, 3.63) is 40.5 Å². The molecule has 20 heavy (non-hydrogen) atoms. The van der Waals surface area contributed by atoms with Crippen molar-refractivity contribution in [2.45, 2.75) is 13.8 Å². The molecule has 1 heterocycles. The number of nitrogens with one attached hydrogen (secondary N) is 1. The van der Waals surface area contributed by atoms with Crippen molar-refractivity contribution in [1.29, 1.82) is 0 Å². The van der Waals surface area contributed by atoms with Crippen LogP contribution >= 0.6 is 11.6 Å². The molecule has 0 aliphatic rings. The molecule has 2 rings (SSSR count). The fourth-order valence-corrected chi connectivity index (χ4v) is 1.87. The highest BCUT2D eigenvalue weighted by Gasteiger charge is 2.04. The van der Waals surface area contributed by atoms with Crippen LogP contribution in [0.25, 0.3) is 10.9 Å². The third-order valence-corrected chi connectivity index (χ3v) is 2.89. The van der Waals surface area contributed by atoms with Crippen molar-refractivity contribution in [3.8, 4) is 0 Å². The van der Waals surface area contributed by atoms with Gasteiger partial charge < -0.3 is 4.74 Å². The molecule has 0 aliphatic heterocycles. The van der Waals surface area contributed by atoms with E-state index < -0.39 is 6.09 Å². The molecule has 5 nitrogen and oxygen atoms in total. The van der Waals surface area contributed by atoms with Gasteiger partial charge in [-0.2, -0.15) is 5.10 Å². The van der Waals surface area contributed by atoms with Crippen LogP contribution < -0.4 is 5.43 Å². The maximum absolute atomic E-state index is 11.1. The number of rotatable bonds is 3. The van der Waals surface area contributed by atoms with Gasteiger partial charge in [0.2, 0.25) is 0 Å². The first-order valence-electron chi connectivity index (χ1n) is 6.13. The third-order valence-electron chi connectivity index (χ3n) is 2.59. The Kier molecular flexibility index (Phi) is 4.53. The summed E-state index contributed by atoms with van der Waals surface area (Å²) in [5.41, 5.74) is 4.80. The third kappa shape index (κ3) is 3.45. The minimum atomic E-state index is -0.607. The minimum Gasteiger partial charge on any atom is -0.449 e. The lowest BCUT2D eigenvalue weighted by Crippen LogP contribution is -2.18. The van der Waals surface area contributed by atoms with Gasteiger partial charge in [-0.15, -0.1) is 0 Å². The molecule has 0 fully saturated rings. The fraction of sp³-hybridized carbons (Fsp3) is 0.214. The number of amides is 1. The number of carbonyl (C=O) groups is 1. The Morgan fingerprint density at radius 3 is 3.05 bits per heavy atom. The first-order valence-corrected chi connectivity index (χ1v) is 6.50. The van der Waals surface area contributed by atoms with Gasteiger partial charge in [-0.3, -0.25) is 0 Å². The summed E-state index contributed by atoms with van der Waals surface area (Å²) in [4.78, 5) is 15.4. The second kappa shape index (κ2) is 6.34. The second-order valence-corrected chi connectivity index (χ2v) is 4.51. The fourth-order valence-electron chi connectivity index (χ4n) is 1.68. The van der Waals surface area contributed by atoms with Crippen LogP contribution in [0.5, 0.6) is 0 Å². The van der Waals surface area contributed by atoms with Gasteiger partial charge in [-0.05, 0) is 31.5 Å². The summed E-state index contributed by atoms with van der Waals surface area (Å²) in [5.74, 6) is 0. The Hall–Kier alpha value is -2.14. The van der Waals surface area contributed by atoms with Gasteiger partial charge in [0.15, 0.2) is 0 Å². The van der Waals surface area contributed by atoms with Crippen LogP contribution in [0.1, 0.15) is 18.1 Å². The Labute approximate surface area is 121 Å². The molecular formula is C14H14ClN3O2. The van der Waals surface area contributed by atoms with Gasteiger partial charge in [-0.1, -0.05) is 23.7 Å². The standard InChI is InChI=1S/C14H14ClN3O2/c1-3-20-14(19)18-16-8-11-7-10-5-4-9(2)6-12(10)17-13(11)15/h4-8H,3H2,1-2H3,(H,18,19)/b16-8+. The molecule has 0 saturated carbocycles. The van der Waals surface area contributed by atoms with E-state index in [2.05, 4.69) is 20.2 Å². The number of halogens is 1. The van der Waals surface area contributed by atoms with Gasteiger partial charge in [0.25, 0.3) is 0 Å². The minimum absolute atomic E-state index is 0.291. The van der Waals surface area contributed by atoms with E-state index in [4.69, 9.17) is 11.6 Å². The molecule has 0 spiro atoms. The number of carbonyl (C=O) groups excluding carboxylic acids is 1. The monoisotopic (exact) mass is 291 g/mol. The lowest BCUT2D eigenvalue weighted by molar-refractivity contribution is 0.152. The number of ether oxygens (including phenoxy) is 1. The quantitative estimate of drug-likeness (QED) is 0.536. The summed E-state index contributed by atoms with van der Waals surface area (Å²) in [6.07, 6.45) is 0.829. The summed E-state index contributed by atoms with van der Waals surface area (Å²) in [7, 11) is 0. The number of hydrogen-bond donors (Lipinski definition) is 1. The average Bonchev–Trinajstić information content (AvgIpc) is 2.40. The Bertz CT molecular complexity index is 671. The molecule has 2 aromatic rings. The lowest BCUT2D eigenvalue weighted by atomic mass is 10.1. The molecule has 1 N–H and O–H groups in total. The highest BCUT2D eigenvalue weighted by molar-refractivity contribution is 6.32. The molecule has 0 bridgehead atoms. The van der Waals surface area contributed by atoms with Crippen LogP contribution in [0.3, 0.4) is 0 Å². The van der Waals surface area contributed by atoms with Crippen LogP contribution in [0.4, 0.5) is 4.79 Å². The molecule has 0 atom stereocenters. The van der Waals surface area contributed by atoms with E-state index in [1.807, 2.05) is 31.2 Å². The zero-order chi connectivity index (χ0) is 14.5.